The molecule has 0 spiro atoms. The Labute approximate surface area is 50.4 Å². The van der Waals surface area contributed by atoms with Crippen LogP contribution in [0.25, 0.3) is 0 Å². The maximum Gasteiger partial charge on any atom is 0.145 e. The summed E-state index contributed by atoms with van der Waals surface area (Å²) in [6, 6.07) is 0. The largest absolute Gasteiger partial charge is 0.298 e. The van der Waals surface area contributed by atoms with E-state index in [0.29, 0.717) is 11.5 Å². The van der Waals surface area contributed by atoms with Gasteiger partial charge in [-0.05, 0) is 17.9 Å². The average molecular weight is 112 g/mol. The first-order chi connectivity index (χ1) is 3.66. The van der Waals surface area contributed by atoms with Crippen LogP contribution in [-0.4, -0.2) is 6.29 Å². The van der Waals surface area contributed by atoms with Gasteiger partial charge in [-0.3, -0.25) is 4.79 Å². The lowest BCUT2D eigenvalue weighted by Crippen LogP contribution is -1.89. The van der Waals surface area contributed by atoms with Gasteiger partial charge in [-0.1, -0.05) is 20.4 Å². The zero-order valence-corrected chi connectivity index (χ0v) is 5.48. The molecule has 8 heavy (non-hydrogen) atoms. The van der Waals surface area contributed by atoms with E-state index in [1.54, 1.807) is 0 Å². The molecule has 0 atom stereocenters. The van der Waals surface area contributed by atoms with Crippen molar-refractivity contribution < 1.29 is 4.79 Å². The maximum absolute atomic E-state index is 9.94. The van der Waals surface area contributed by atoms with Gasteiger partial charge in [0.1, 0.15) is 6.29 Å². The van der Waals surface area contributed by atoms with E-state index in [4.69, 9.17) is 0 Å². The molecule has 0 bridgehead atoms. The van der Waals surface area contributed by atoms with Crippen molar-refractivity contribution >= 4 is 6.29 Å². The number of allylic oxidation sites excluding steroid dienone is 1. The minimum absolute atomic E-state index is 0.549. The van der Waals surface area contributed by atoms with Gasteiger partial charge in [0.05, 0.1) is 0 Å². The van der Waals surface area contributed by atoms with E-state index in [2.05, 4.69) is 20.4 Å². The van der Waals surface area contributed by atoms with Gasteiger partial charge in [-0.15, -0.1) is 0 Å². The van der Waals surface area contributed by atoms with E-state index >= 15 is 0 Å². The molecule has 0 aliphatic carbocycles. The van der Waals surface area contributed by atoms with Gasteiger partial charge in [-0.25, -0.2) is 0 Å². The third kappa shape index (κ3) is 3.59. The Kier molecular flexibility index (Phi) is 3.16. The molecule has 46 valence electrons. The summed E-state index contributed by atoms with van der Waals surface area (Å²) in [5.74, 6) is 0.549. The molecule has 0 aliphatic heterocycles. The van der Waals surface area contributed by atoms with Crippen LogP contribution >= 0.6 is 0 Å². The van der Waals surface area contributed by atoms with Gasteiger partial charge in [0.2, 0.25) is 0 Å². The number of hydrogen-bond acceptors (Lipinski definition) is 1. The highest BCUT2D eigenvalue weighted by Gasteiger charge is 1.94. The molecule has 0 aromatic heterocycles. The number of carbonyl (C=O) groups excluding carboxylic acids is 1. The molecule has 0 saturated carbocycles. The second kappa shape index (κ2) is 3.42. The van der Waals surface area contributed by atoms with Crippen molar-refractivity contribution in [2.24, 2.45) is 5.92 Å². The lowest BCUT2D eigenvalue weighted by Gasteiger charge is -1.99. The van der Waals surface area contributed by atoms with E-state index < -0.39 is 0 Å². The average Bonchev–Trinajstić information content (AvgIpc) is 1.65. The van der Waals surface area contributed by atoms with E-state index in [9.17, 15) is 4.79 Å². The van der Waals surface area contributed by atoms with Crippen LogP contribution in [0.1, 0.15) is 20.3 Å². The van der Waals surface area contributed by atoms with E-state index in [1.165, 1.54) is 0 Å². The summed E-state index contributed by atoms with van der Waals surface area (Å²) in [5.41, 5.74) is 0.694. The van der Waals surface area contributed by atoms with Crippen LogP contribution < -0.4 is 0 Å². The van der Waals surface area contributed by atoms with Crippen LogP contribution in [0.2, 0.25) is 0 Å². The Morgan fingerprint density at radius 3 is 2.38 bits per heavy atom. The van der Waals surface area contributed by atoms with E-state index in [0.717, 1.165) is 12.7 Å². The Morgan fingerprint density at radius 2 is 2.25 bits per heavy atom. The summed E-state index contributed by atoms with van der Waals surface area (Å²) < 4.78 is 0. The first kappa shape index (κ1) is 7.41. The van der Waals surface area contributed by atoms with Crippen molar-refractivity contribution in [1.82, 2.24) is 0 Å². The molecule has 0 amide bonds. The lowest BCUT2D eigenvalue weighted by atomic mass is 10.1. The van der Waals surface area contributed by atoms with E-state index in [1.807, 2.05) is 0 Å². The molecule has 0 saturated heterocycles. The highest BCUT2D eigenvalue weighted by Crippen LogP contribution is 2.04. The van der Waals surface area contributed by atoms with Crippen molar-refractivity contribution in [3.8, 4) is 0 Å². The summed E-state index contributed by atoms with van der Waals surface area (Å²) >= 11 is 0. The summed E-state index contributed by atoms with van der Waals surface area (Å²) in [6.07, 6.45) is 1.64. The third-order valence-corrected chi connectivity index (χ3v) is 0.837. The Hall–Kier alpha value is -0.590. The molecule has 1 nitrogen and oxygen atoms in total. The molecule has 1 heteroatoms. The van der Waals surface area contributed by atoms with Crippen molar-refractivity contribution in [3.63, 3.8) is 0 Å². The van der Waals surface area contributed by atoms with E-state index in [-0.39, 0.29) is 0 Å². The molecule has 0 aromatic carbocycles. The second-order valence-electron chi connectivity index (χ2n) is 2.37. The second-order valence-corrected chi connectivity index (χ2v) is 2.37. The molecule has 0 heterocycles. The van der Waals surface area contributed by atoms with Crippen LogP contribution in [0.4, 0.5) is 0 Å². The lowest BCUT2D eigenvalue weighted by molar-refractivity contribution is -0.105. The molecule has 0 fully saturated rings. The number of carbonyl (C=O) groups is 1. The Balaban J connectivity index is 3.39. The zero-order chi connectivity index (χ0) is 6.57. The smallest absolute Gasteiger partial charge is 0.145 e. The molecule has 0 aromatic rings. The quantitative estimate of drug-likeness (QED) is 0.402. The first-order valence-electron chi connectivity index (χ1n) is 2.79. The third-order valence-electron chi connectivity index (χ3n) is 0.837. The van der Waals surface area contributed by atoms with Crippen molar-refractivity contribution in [2.75, 3.05) is 0 Å². The fourth-order valence-corrected chi connectivity index (χ4v) is 0.572. The van der Waals surface area contributed by atoms with Gasteiger partial charge >= 0.3 is 0 Å². The van der Waals surface area contributed by atoms with Crippen LogP contribution in [-0.2, 0) is 4.79 Å². The molecule has 0 unspecified atom stereocenters. The minimum atomic E-state index is 0.549. The fourth-order valence-electron chi connectivity index (χ4n) is 0.572. The van der Waals surface area contributed by atoms with Gasteiger partial charge in [-0.2, -0.15) is 0 Å². The van der Waals surface area contributed by atoms with Crippen LogP contribution in [0, 0.1) is 5.92 Å². The number of rotatable bonds is 3. The SMILES string of the molecule is C=C(C=O)CC(C)C. The summed E-state index contributed by atoms with van der Waals surface area (Å²) in [6.45, 7) is 7.67. The molecular formula is C7H12O. The van der Waals surface area contributed by atoms with Gasteiger partial charge in [0, 0.05) is 0 Å². The van der Waals surface area contributed by atoms with Crippen LogP contribution in [0.3, 0.4) is 0 Å². The highest BCUT2D eigenvalue weighted by molar-refractivity contribution is 5.71. The van der Waals surface area contributed by atoms with Crippen LogP contribution in [0.15, 0.2) is 12.2 Å². The van der Waals surface area contributed by atoms with Crippen LogP contribution in [0.5, 0.6) is 0 Å². The zero-order valence-electron chi connectivity index (χ0n) is 5.48. The molecule has 0 N–H and O–H groups in total. The van der Waals surface area contributed by atoms with Crippen molar-refractivity contribution in [2.45, 2.75) is 20.3 Å². The monoisotopic (exact) mass is 112 g/mol. The summed E-state index contributed by atoms with van der Waals surface area (Å²) in [5, 5.41) is 0. The molecule has 0 radical (unpaired) electrons. The van der Waals surface area contributed by atoms with Gasteiger partial charge < -0.3 is 0 Å². The highest BCUT2D eigenvalue weighted by atomic mass is 16.1. The first-order valence-corrected chi connectivity index (χ1v) is 2.79. The molecule has 0 aliphatic rings. The minimum Gasteiger partial charge on any atom is -0.298 e. The Morgan fingerprint density at radius 1 is 1.75 bits per heavy atom. The number of hydrogen-bond donors (Lipinski definition) is 0. The van der Waals surface area contributed by atoms with Gasteiger partial charge in [0.15, 0.2) is 0 Å². The normalized spacial score (nSPS) is 9.38. The Bertz CT molecular complexity index is 92.6. The predicted molar refractivity (Wildman–Crippen MR) is 34.7 cm³/mol. The standard InChI is InChI=1S/C7H12O/c1-6(2)4-7(3)5-8/h5-6H,3-4H2,1-2H3. The maximum atomic E-state index is 9.94. The van der Waals surface area contributed by atoms with Gasteiger partial charge in [0.25, 0.3) is 0 Å². The van der Waals surface area contributed by atoms with Crippen molar-refractivity contribution in [1.29, 1.82) is 0 Å². The topological polar surface area (TPSA) is 17.1 Å². The number of aldehydes is 1. The summed E-state index contributed by atoms with van der Waals surface area (Å²) in [4.78, 5) is 9.94. The predicted octanol–water partition coefficient (Wildman–Crippen LogP) is 1.79. The molecular weight excluding hydrogens is 100 g/mol. The fraction of sp³-hybridized carbons (Fsp3) is 0.571. The summed E-state index contributed by atoms with van der Waals surface area (Å²) in [7, 11) is 0. The molecule has 0 rings (SSSR count). The van der Waals surface area contributed by atoms with Crippen molar-refractivity contribution in [3.05, 3.63) is 12.2 Å².